The smallest absolute Gasteiger partial charge is 0.175 e. The lowest BCUT2D eigenvalue weighted by Crippen LogP contribution is -2.46. The van der Waals surface area contributed by atoms with Crippen molar-refractivity contribution in [3.05, 3.63) is 36.9 Å². The summed E-state index contributed by atoms with van der Waals surface area (Å²) in [5.41, 5.74) is 0. The SMILES string of the molecule is C[Si](C)(Cn1cncn1)c1ccc(S(C)(=O)=O)cc1. The molecule has 2 rings (SSSR count). The second kappa shape index (κ2) is 4.90. The molecule has 1 heterocycles. The Morgan fingerprint density at radius 1 is 1.21 bits per heavy atom. The van der Waals surface area contributed by atoms with E-state index < -0.39 is 17.9 Å². The Morgan fingerprint density at radius 2 is 1.84 bits per heavy atom. The maximum Gasteiger partial charge on any atom is 0.175 e. The third kappa shape index (κ3) is 3.30. The maximum atomic E-state index is 11.4. The van der Waals surface area contributed by atoms with Crippen LogP contribution >= 0.6 is 0 Å². The van der Waals surface area contributed by atoms with Gasteiger partial charge in [-0.15, -0.1) is 0 Å². The second-order valence-electron chi connectivity index (χ2n) is 5.27. The molecular formula is C12H17N3O2SSi. The molecule has 1 aromatic carbocycles. The molecule has 2 aromatic rings. The number of nitrogens with zero attached hydrogens (tertiary/aromatic N) is 3. The van der Waals surface area contributed by atoms with Gasteiger partial charge in [-0.25, -0.2) is 13.4 Å². The van der Waals surface area contributed by atoms with Crippen LogP contribution in [0.1, 0.15) is 0 Å². The average Bonchev–Trinajstić information content (AvgIpc) is 2.80. The van der Waals surface area contributed by atoms with E-state index in [2.05, 4.69) is 23.2 Å². The van der Waals surface area contributed by atoms with Crippen LogP contribution in [0.2, 0.25) is 13.1 Å². The maximum absolute atomic E-state index is 11.4. The van der Waals surface area contributed by atoms with Gasteiger partial charge in [-0.3, -0.25) is 4.68 Å². The first kappa shape index (κ1) is 13.9. The molecule has 7 heteroatoms. The molecule has 0 amide bonds. The fraction of sp³-hybridized carbons (Fsp3) is 0.333. The number of benzene rings is 1. The summed E-state index contributed by atoms with van der Waals surface area (Å²) >= 11 is 0. The van der Waals surface area contributed by atoms with Gasteiger partial charge in [0, 0.05) is 12.4 Å². The van der Waals surface area contributed by atoms with E-state index in [0.29, 0.717) is 4.90 Å². The van der Waals surface area contributed by atoms with Crippen LogP contribution < -0.4 is 5.19 Å². The van der Waals surface area contributed by atoms with Crippen molar-refractivity contribution >= 4 is 23.1 Å². The third-order valence-corrected chi connectivity index (χ3v) is 7.23. The Kier molecular flexibility index (Phi) is 3.59. The molecule has 0 atom stereocenters. The zero-order valence-corrected chi connectivity index (χ0v) is 13.1. The highest BCUT2D eigenvalue weighted by Crippen LogP contribution is 2.10. The Morgan fingerprint density at radius 3 is 2.32 bits per heavy atom. The van der Waals surface area contributed by atoms with Gasteiger partial charge in [-0.1, -0.05) is 30.4 Å². The van der Waals surface area contributed by atoms with E-state index in [1.165, 1.54) is 17.8 Å². The van der Waals surface area contributed by atoms with E-state index in [-0.39, 0.29) is 0 Å². The van der Waals surface area contributed by atoms with Crippen LogP contribution in [0.15, 0.2) is 41.8 Å². The van der Waals surface area contributed by atoms with E-state index in [1.807, 2.05) is 16.8 Å². The van der Waals surface area contributed by atoms with E-state index in [0.717, 1.165) is 6.17 Å². The number of hydrogen-bond acceptors (Lipinski definition) is 4. The fourth-order valence-electron chi connectivity index (χ4n) is 1.96. The predicted molar refractivity (Wildman–Crippen MR) is 76.7 cm³/mol. The van der Waals surface area contributed by atoms with Crippen molar-refractivity contribution in [1.29, 1.82) is 0 Å². The van der Waals surface area contributed by atoms with Gasteiger partial charge < -0.3 is 0 Å². The van der Waals surface area contributed by atoms with Gasteiger partial charge in [0.15, 0.2) is 9.84 Å². The largest absolute Gasteiger partial charge is 0.256 e. The monoisotopic (exact) mass is 295 g/mol. The van der Waals surface area contributed by atoms with Crippen molar-refractivity contribution in [1.82, 2.24) is 14.8 Å². The summed E-state index contributed by atoms with van der Waals surface area (Å²) < 4.78 is 24.7. The van der Waals surface area contributed by atoms with Crippen molar-refractivity contribution in [2.24, 2.45) is 0 Å². The minimum atomic E-state index is -3.13. The quantitative estimate of drug-likeness (QED) is 0.784. The van der Waals surface area contributed by atoms with Gasteiger partial charge in [0.2, 0.25) is 0 Å². The first-order chi connectivity index (χ1) is 8.79. The third-order valence-electron chi connectivity index (χ3n) is 3.09. The summed E-state index contributed by atoms with van der Waals surface area (Å²) in [6.45, 7) is 4.45. The first-order valence-corrected chi connectivity index (χ1v) is 11.0. The lowest BCUT2D eigenvalue weighted by Gasteiger charge is -2.22. The van der Waals surface area contributed by atoms with E-state index in [4.69, 9.17) is 0 Å². The first-order valence-electron chi connectivity index (χ1n) is 5.92. The molecule has 102 valence electrons. The summed E-state index contributed by atoms with van der Waals surface area (Å²) in [5.74, 6) is 0. The summed E-state index contributed by atoms with van der Waals surface area (Å²) in [4.78, 5) is 4.30. The summed E-state index contributed by atoms with van der Waals surface area (Å²) in [6, 6.07) is 7.20. The molecule has 0 aliphatic rings. The van der Waals surface area contributed by atoms with E-state index in [9.17, 15) is 8.42 Å². The Hall–Kier alpha value is -1.47. The zero-order chi connectivity index (χ0) is 14.1. The average molecular weight is 295 g/mol. The summed E-state index contributed by atoms with van der Waals surface area (Å²) in [6.07, 6.45) is 5.28. The van der Waals surface area contributed by atoms with Crippen LogP contribution in [0.5, 0.6) is 0 Å². The normalized spacial score (nSPS) is 12.6. The number of rotatable bonds is 4. The molecule has 0 saturated heterocycles. The van der Waals surface area contributed by atoms with Crippen LogP contribution in [0, 0.1) is 0 Å². The van der Waals surface area contributed by atoms with Gasteiger partial charge in [-0.05, 0) is 12.1 Å². The van der Waals surface area contributed by atoms with Crippen LogP contribution in [0.25, 0.3) is 0 Å². The number of hydrogen-bond donors (Lipinski definition) is 0. The molecule has 0 bridgehead atoms. The van der Waals surface area contributed by atoms with Crippen molar-refractivity contribution in [3.63, 3.8) is 0 Å². The molecule has 0 fully saturated rings. The minimum Gasteiger partial charge on any atom is -0.256 e. The topological polar surface area (TPSA) is 64.8 Å². The second-order valence-corrected chi connectivity index (χ2v) is 12.0. The standard InChI is InChI=1S/C12H17N3O2SSi/c1-18(16,17)11-4-6-12(7-5-11)19(2,3)10-15-9-13-8-14-15/h4-9H,10H2,1-3H3. The van der Waals surface area contributed by atoms with Crippen molar-refractivity contribution < 1.29 is 8.42 Å². The van der Waals surface area contributed by atoms with Crippen molar-refractivity contribution in [3.8, 4) is 0 Å². The Labute approximate surface area is 114 Å². The van der Waals surface area contributed by atoms with Crippen LogP contribution in [-0.2, 0) is 16.0 Å². The van der Waals surface area contributed by atoms with Crippen LogP contribution in [0.3, 0.4) is 0 Å². The molecule has 19 heavy (non-hydrogen) atoms. The molecule has 0 saturated carbocycles. The predicted octanol–water partition coefficient (Wildman–Crippen LogP) is 0.836. The fourth-order valence-corrected chi connectivity index (χ4v) is 4.82. The molecule has 1 aromatic heterocycles. The summed E-state index contributed by atoms with van der Waals surface area (Å²) in [5, 5.41) is 5.33. The van der Waals surface area contributed by atoms with Gasteiger partial charge >= 0.3 is 0 Å². The molecular weight excluding hydrogens is 278 g/mol. The Bertz CT molecular complexity index is 649. The van der Waals surface area contributed by atoms with Gasteiger partial charge in [-0.2, -0.15) is 5.10 Å². The lowest BCUT2D eigenvalue weighted by molar-refractivity contribution is 0.602. The molecule has 5 nitrogen and oxygen atoms in total. The zero-order valence-electron chi connectivity index (χ0n) is 11.2. The highest BCUT2D eigenvalue weighted by molar-refractivity contribution is 7.90. The molecule has 0 radical (unpaired) electrons. The van der Waals surface area contributed by atoms with Crippen LogP contribution in [-0.4, -0.2) is 37.5 Å². The van der Waals surface area contributed by atoms with E-state index >= 15 is 0 Å². The Balaban J connectivity index is 2.26. The highest BCUT2D eigenvalue weighted by Gasteiger charge is 2.24. The molecule has 0 spiro atoms. The van der Waals surface area contributed by atoms with Crippen LogP contribution in [0.4, 0.5) is 0 Å². The molecule has 0 aliphatic carbocycles. The van der Waals surface area contributed by atoms with Crippen molar-refractivity contribution in [2.75, 3.05) is 6.26 Å². The number of aromatic nitrogens is 3. The summed E-state index contributed by atoms with van der Waals surface area (Å²) in [7, 11) is -4.83. The highest BCUT2D eigenvalue weighted by atomic mass is 32.2. The van der Waals surface area contributed by atoms with Gasteiger partial charge in [0.1, 0.15) is 20.7 Å². The molecule has 0 unspecified atom stereocenters. The van der Waals surface area contributed by atoms with Crippen molar-refractivity contribution in [2.45, 2.75) is 24.2 Å². The molecule has 0 aliphatic heterocycles. The minimum absolute atomic E-state index is 0.363. The lowest BCUT2D eigenvalue weighted by atomic mass is 10.4. The van der Waals surface area contributed by atoms with Gasteiger partial charge in [0.25, 0.3) is 0 Å². The molecule has 0 N–H and O–H groups in total. The number of sulfone groups is 1. The van der Waals surface area contributed by atoms with E-state index in [1.54, 1.807) is 18.5 Å². The van der Waals surface area contributed by atoms with Gasteiger partial charge in [0.05, 0.1) is 4.90 Å².